The predicted molar refractivity (Wildman–Crippen MR) is 90.1 cm³/mol. The smallest absolute Gasteiger partial charge is 0.123 e. The minimum atomic E-state index is -1.24. The summed E-state index contributed by atoms with van der Waals surface area (Å²) < 4.78 is 13.2. The first-order valence-corrected chi connectivity index (χ1v) is 8.12. The summed E-state index contributed by atoms with van der Waals surface area (Å²) in [5.74, 6) is -0.301. The van der Waals surface area contributed by atoms with Gasteiger partial charge in [-0.2, -0.15) is 0 Å². The number of hydrogen-bond acceptors (Lipinski definition) is 2. The van der Waals surface area contributed by atoms with E-state index in [0.717, 1.165) is 25.2 Å². The van der Waals surface area contributed by atoms with Crippen LogP contribution in [0.1, 0.15) is 24.0 Å². The highest BCUT2D eigenvalue weighted by Crippen LogP contribution is 2.33. The number of hydrogen-bond donors (Lipinski definition) is 1. The van der Waals surface area contributed by atoms with E-state index in [9.17, 15) is 9.50 Å². The first kappa shape index (κ1) is 16.2. The lowest BCUT2D eigenvalue weighted by Crippen LogP contribution is -2.30. The van der Waals surface area contributed by atoms with Gasteiger partial charge in [0.2, 0.25) is 0 Å². The summed E-state index contributed by atoms with van der Waals surface area (Å²) in [4.78, 5) is 2.37. The van der Waals surface area contributed by atoms with Gasteiger partial charge in [0, 0.05) is 13.0 Å². The number of aliphatic hydroxyl groups is 1. The SMILES string of the molecule is OC([CH][CH]CN1CCCC1)(c1ccccc1)c1ccc(F)cc1. The molecule has 1 unspecified atom stereocenters. The fraction of sp³-hybridized carbons (Fsp3) is 0.300. The van der Waals surface area contributed by atoms with Gasteiger partial charge >= 0.3 is 0 Å². The van der Waals surface area contributed by atoms with Crippen LogP contribution in [0.4, 0.5) is 4.39 Å². The standard InChI is InChI=1S/C20H22FNO/c21-19-11-9-18(10-12-19)20(23,17-7-2-1-3-8-17)13-6-16-22-14-4-5-15-22/h1-3,6-13,23H,4-5,14-16H2. The molecular formula is C20H22FNO. The van der Waals surface area contributed by atoms with Crippen molar-refractivity contribution in [2.45, 2.75) is 18.4 Å². The molecule has 0 amide bonds. The van der Waals surface area contributed by atoms with Gasteiger partial charge < -0.3 is 10.0 Å². The first-order valence-electron chi connectivity index (χ1n) is 8.12. The van der Waals surface area contributed by atoms with E-state index in [1.807, 2.05) is 43.2 Å². The van der Waals surface area contributed by atoms with E-state index < -0.39 is 5.60 Å². The fourth-order valence-corrected chi connectivity index (χ4v) is 3.09. The molecule has 1 N–H and O–H groups in total. The van der Waals surface area contributed by atoms with Crippen LogP contribution in [0.5, 0.6) is 0 Å². The van der Waals surface area contributed by atoms with Gasteiger partial charge in [0.25, 0.3) is 0 Å². The molecular weight excluding hydrogens is 289 g/mol. The van der Waals surface area contributed by atoms with Crippen molar-refractivity contribution in [2.75, 3.05) is 19.6 Å². The Kier molecular flexibility index (Phi) is 5.09. The van der Waals surface area contributed by atoms with Gasteiger partial charge in [0.1, 0.15) is 11.4 Å². The normalized spacial score (nSPS) is 18.0. The van der Waals surface area contributed by atoms with Gasteiger partial charge in [-0.3, -0.25) is 0 Å². The van der Waals surface area contributed by atoms with E-state index in [0.29, 0.717) is 5.56 Å². The Morgan fingerprint density at radius 3 is 2.22 bits per heavy atom. The molecule has 1 saturated heterocycles. The molecule has 2 nitrogen and oxygen atoms in total. The lowest BCUT2D eigenvalue weighted by molar-refractivity contribution is 0.117. The monoisotopic (exact) mass is 311 g/mol. The zero-order valence-corrected chi connectivity index (χ0v) is 13.2. The maximum atomic E-state index is 13.2. The minimum Gasteiger partial charge on any atom is -0.380 e. The summed E-state index contributed by atoms with van der Waals surface area (Å²) in [6.07, 6.45) is 6.33. The third-order valence-electron chi connectivity index (χ3n) is 4.42. The minimum absolute atomic E-state index is 0.301. The van der Waals surface area contributed by atoms with E-state index >= 15 is 0 Å². The van der Waals surface area contributed by atoms with E-state index in [1.54, 1.807) is 12.1 Å². The molecule has 0 spiro atoms. The summed E-state index contributed by atoms with van der Waals surface area (Å²) in [6, 6.07) is 15.6. The van der Waals surface area contributed by atoms with E-state index in [1.165, 1.54) is 25.0 Å². The molecule has 2 aromatic carbocycles. The van der Waals surface area contributed by atoms with Crippen LogP contribution >= 0.6 is 0 Å². The Hall–Kier alpha value is -1.71. The Bertz CT molecular complexity index is 607. The molecule has 23 heavy (non-hydrogen) atoms. The van der Waals surface area contributed by atoms with Crippen LogP contribution in [0.15, 0.2) is 54.6 Å². The zero-order chi connectivity index (χ0) is 16.1. The summed E-state index contributed by atoms with van der Waals surface area (Å²) >= 11 is 0. The van der Waals surface area contributed by atoms with Gasteiger partial charge in [-0.05, 0) is 55.6 Å². The number of nitrogens with zero attached hydrogens (tertiary/aromatic N) is 1. The lowest BCUT2D eigenvalue weighted by Gasteiger charge is -2.30. The average molecular weight is 311 g/mol. The van der Waals surface area contributed by atoms with Crippen molar-refractivity contribution in [1.82, 2.24) is 4.90 Å². The number of likely N-dealkylation sites (tertiary alicyclic amines) is 1. The third kappa shape index (κ3) is 3.80. The molecule has 1 fully saturated rings. The van der Waals surface area contributed by atoms with Crippen molar-refractivity contribution in [3.63, 3.8) is 0 Å². The van der Waals surface area contributed by atoms with Crippen molar-refractivity contribution < 1.29 is 9.50 Å². The molecule has 0 saturated carbocycles. The average Bonchev–Trinajstić information content (AvgIpc) is 3.09. The Labute approximate surface area is 137 Å². The number of rotatable bonds is 6. The van der Waals surface area contributed by atoms with Crippen LogP contribution in [0, 0.1) is 18.7 Å². The van der Waals surface area contributed by atoms with Gasteiger partial charge in [-0.25, -0.2) is 4.39 Å². The van der Waals surface area contributed by atoms with Crippen LogP contribution < -0.4 is 0 Å². The van der Waals surface area contributed by atoms with E-state index in [4.69, 9.17) is 0 Å². The second kappa shape index (κ2) is 7.24. The molecule has 2 radical (unpaired) electrons. The van der Waals surface area contributed by atoms with Crippen molar-refractivity contribution in [1.29, 1.82) is 0 Å². The van der Waals surface area contributed by atoms with Crippen LogP contribution in [0.25, 0.3) is 0 Å². The summed E-state index contributed by atoms with van der Waals surface area (Å²) in [5, 5.41) is 11.3. The number of benzene rings is 2. The molecule has 0 bridgehead atoms. The molecule has 1 aliphatic rings. The van der Waals surface area contributed by atoms with Crippen molar-refractivity contribution in [2.24, 2.45) is 0 Å². The summed E-state index contributed by atoms with van der Waals surface area (Å²) in [6.45, 7) is 3.06. The van der Waals surface area contributed by atoms with Gasteiger partial charge in [0.15, 0.2) is 0 Å². The predicted octanol–water partition coefficient (Wildman–Crippen LogP) is 3.57. The molecule has 1 heterocycles. The van der Waals surface area contributed by atoms with Crippen molar-refractivity contribution in [3.05, 3.63) is 84.4 Å². The first-order chi connectivity index (χ1) is 11.2. The second-order valence-electron chi connectivity index (χ2n) is 6.05. The highest BCUT2D eigenvalue weighted by Gasteiger charge is 2.31. The van der Waals surface area contributed by atoms with Crippen LogP contribution in [0.2, 0.25) is 0 Å². The number of halogens is 1. The largest absolute Gasteiger partial charge is 0.380 e. The molecule has 0 aliphatic carbocycles. The quantitative estimate of drug-likeness (QED) is 0.881. The maximum Gasteiger partial charge on any atom is 0.123 e. The Balaban J connectivity index is 1.79. The second-order valence-corrected chi connectivity index (χ2v) is 6.05. The Morgan fingerprint density at radius 2 is 1.57 bits per heavy atom. The van der Waals surface area contributed by atoms with Crippen LogP contribution in [0.3, 0.4) is 0 Å². The molecule has 2 aromatic rings. The molecule has 0 aromatic heterocycles. The highest BCUT2D eigenvalue weighted by molar-refractivity contribution is 5.40. The Morgan fingerprint density at radius 1 is 0.957 bits per heavy atom. The molecule has 1 atom stereocenters. The maximum absolute atomic E-state index is 13.2. The van der Waals surface area contributed by atoms with Gasteiger partial charge in [0.05, 0.1) is 0 Å². The highest BCUT2D eigenvalue weighted by atomic mass is 19.1. The van der Waals surface area contributed by atoms with Crippen molar-refractivity contribution >= 4 is 0 Å². The molecule has 3 rings (SSSR count). The van der Waals surface area contributed by atoms with Crippen LogP contribution in [-0.2, 0) is 5.60 Å². The van der Waals surface area contributed by atoms with E-state index in [2.05, 4.69) is 4.90 Å². The molecule has 1 aliphatic heterocycles. The van der Waals surface area contributed by atoms with E-state index in [-0.39, 0.29) is 5.82 Å². The third-order valence-corrected chi connectivity index (χ3v) is 4.42. The molecule has 120 valence electrons. The van der Waals surface area contributed by atoms with Crippen LogP contribution in [-0.4, -0.2) is 29.6 Å². The fourth-order valence-electron chi connectivity index (χ4n) is 3.09. The zero-order valence-electron chi connectivity index (χ0n) is 13.2. The topological polar surface area (TPSA) is 23.5 Å². The van der Waals surface area contributed by atoms with Gasteiger partial charge in [-0.15, -0.1) is 0 Å². The summed E-state index contributed by atoms with van der Waals surface area (Å²) in [5.41, 5.74) is 0.210. The summed E-state index contributed by atoms with van der Waals surface area (Å²) in [7, 11) is 0. The molecule has 3 heteroatoms. The van der Waals surface area contributed by atoms with Crippen molar-refractivity contribution in [3.8, 4) is 0 Å². The lowest BCUT2D eigenvalue weighted by atomic mass is 9.82. The van der Waals surface area contributed by atoms with Gasteiger partial charge in [-0.1, -0.05) is 42.5 Å².